The molecule has 4 N–H and O–H groups in total. The van der Waals surface area contributed by atoms with Gasteiger partial charge in [-0.25, -0.2) is 0 Å². The van der Waals surface area contributed by atoms with Crippen LogP contribution >= 0.6 is 0 Å². The van der Waals surface area contributed by atoms with E-state index in [1.165, 1.54) is 161 Å². The smallest absolute Gasteiger partial charge is 0.186 e. The van der Waals surface area contributed by atoms with E-state index in [0.717, 1.165) is 19.3 Å². The minimum Gasteiger partial charge on any atom is -0.394 e. The van der Waals surface area contributed by atoms with Crippen molar-refractivity contribution < 1.29 is 39.4 Å². The molecule has 0 aromatic carbocycles. The minimum absolute atomic E-state index is 0.125. The van der Waals surface area contributed by atoms with Gasteiger partial charge in [-0.15, -0.1) is 0 Å². The molecule has 0 spiro atoms. The third-order valence-corrected chi connectivity index (χ3v) is 10.1. The molecule has 294 valence electrons. The van der Waals surface area contributed by atoms with Crippen molar-refractivity contribution >= 4 is 0 Å². The quantitative estimate of drug-likeness (QED) is 0.0474. The zero-order valence-electron chi connectivity index (χ0n) is 32.2. The lowest BCUT2D eigenvalue weighted by Crippen LogP contribution is -2.59. The molecule has 0 radical (unpaired) electrons. The highest BCUT2D eigenvalue weighted by Gasteiger charge is 2.44. The lowest BCUT2D eigenvalue weighted by atomic mass is 9.99. The van der Waals surface area contributed by atoms with Crippen molar-refractivity contribution in [1.29, 1.82) is 0 Å². The highest BCUT2D eigenvalue weighted by atomic mass is 16.7. The fourth-order valence-electron chi connectivity index (χ4n) is 6.71. The van der Waals surface area contributed by atoms with Crippen LogP contribution in [0.15, 0.2) is 0 Å². The van der Waals surface area contributed by atoms with Crippen LogP contribution in [0.5, 0.6) is 0 Å². The van der Waals surface area contributed by atoms with Crippen LogP contribution in [0, 0.1) is 0 Å². The van der Waals surface area contributed by atoms with Gasteiger partial charge in [0.1, 0.15) is 30.5 Å². The van der Waals surface area contributed by atoms with Gasteiger partial charge in [0.2, 0.25) is 0 Å². The van der Waals surface area contributed by atoms with E-state index in [4.69, 9.17) is 18.9 Å². The SMILES string of the molecule is CCCCCCCCCCCCCCCCOC[C@@H](COC1OC(CO)C(O)C(O)C1O)OCCCCCCCCCCCCCCCC. The third-order valence-electron chi connectivity index (χ3n) is 10.1. The summed E-state index contributed by atoms with van der Waals surface area (Å²) < 4.78 is 23.5. The summed E-state index contributed by atoms with van der Waals surface area (Å²) in [6.07, 6.45) is 30.1. The van der Waals surface area contributed by atoms with Crippen LogP contribution in [0.4, 0.5) is 0 Å². The third kappa shape index (κ3) is 26.2. The van der Waals surface area contributed by atoms with Crippen molar-refractivity contribution in [3.63, 3.8) is 0 Å². The maximum atomic E-state index is 10.4. The Morgan fingerprint density at radius 3 is 1.27 bits per heavy atom. The molecular formula is C41H82O8. The van der Waals surface area contributed by atoms with Crippen LogP contribution < -0.4 is 0 Å². The van der Waals surface area contributed by atoms with Gasteiger partial charge in [0.25, 0.3) is 0 Å². The summed E-state index contributed by atoms with van der Waals surface area (Å²) >= 11 is 0. The molecule has 1 aliphatic heterocycles. The normalized spacial score (nSPS) is 21.8. The molecule has 1 saturated heterocycles. The van der Waals surface area contributed by atoms with Gasteiger partial charge >= 0.3 is 0 Å². The number of aliphatic hydroxyl groups excluding tert-OH is 4. The molecule has 1 fully saturated rings. The highest BCUT2D eigenvalue weighted by molar-refractivity contribution is 4.89. The maximum Gasteiger partial charge on any atom is 0.186 e. The van der Waals surface area contributed by atoms with Crippen LogP contribution in [0.2, 0.25) is 0 Å². The lowest BCUT2D eigenvalue weighted by molar-refractivity contribution is -0.306. The first-order valence-electron chi connectivity index (χ1n) is 21.2. The van der Waals surface area contributed by atoms with E-state index in [1.54, 1.807) is 0 Å². The molecule has 0 saturated carbocycles. The van der Waals surface area contributed by atoms with Crippen LogP contribution in [0.1, 0.15) is 194 Å². The summed E-state index contributed by atoms with van der Waals surface area (Å²) in [6.45, 7) is 5.87. The van der Waals surface area contributed by atoms with Gasteiger partial charge < -0.3 is 39.4 Å². The van der Waals surface area contributed by atoms with E-state index in [-0.39, 0.29) is 12.7 Å². The first-order chi connectivity index (χ1) is 24.0. The molecule has 8 heteroatoms. The molecule has 0 aliphatic carbocycles. The van der Waals surface area contributed by atoms with E-state index < -0.39 is 37.3 Å². The number of ether oxygens (including phenoxy) is 4. The Morgan fingerprint density at radius 2 is 0.857 bits per heavy atom. The van der Waals surface area contributed by atoms with Gasteiger partial charge in [0.15, 0.2) is 6.29 Å². The van der Waals surface area contributed by atoms with Gasteiger partial charge in [0, 0.05) is 13.2 Å². The van der Waals surface area contributed by atoms with Crippen LogP contribution in [0.3, 0.4) is 0 Å². The molecule has 6 atom stereocenters. The van der Waals surface area contributed by atoms with Crippen molar-refractivity contribution in [2.45, 2.75) is 230 Å². The van der Waals surface area contributed by atoms with E-state index in [0.29, 0.717) is 19.8 Å². The summed E-state index contributed by atoms with van der Waals surface area (Å²) in [6, 6.07) is 0. The molecule has 1 heterocycles. The molecule has 0 aromatic rings. The average molecular weight is 703 g/mol. The van der Waals surface area contributed by atoms with Crippen molar-refractivity contribution in [2.24, 2.45) is 0 Å². The number of rotatable bonds is 37. The van der Waals surface area contributed by atoms with E-state index in [2.05, 4.69) is 13.8 Å². The molecule has 1 aliphatic rings. The van der Waals surface area contributed by atoms with Gasteiger partial charge in [-0.3, -0.25) is 0 Å². The maximum absolute atomic E-state index is 10.4. The number of unbranched alkanes of at least 4 members (excludes halogenated alkanes) is 26. The number of hydrogen-bond acceptors (Lipinski definition) is 8. The monoisotopic (exact) mass is 703 g/mol. The molecule has 0 aromatic heterocycles. The van der Waals surface area contributed by atoms with E-state index in [1.807, 2.05) is 0 Å². The molecule has 0 amide bonds. The first kappa shape index (κ1) is 46.7. The Labute approximate surface area is 302 Å². The fraction of sp³-hybridized carbons (Fsp3) is 1.00. The summed E-state index contributed by atoms with van der Waals surface area (Å²) in [4.78, 5) is 0. The molecule has 1 rings (SSSR count). The Hall–Kier alpha value is -0.320. The van der Waals surface area contributed by atoms with Crippen molar-refractivity contribution in [3.8, 4) is 0 Å². The Kier molecular flexibility index (Phi) is 33.1. The molecule has 8 nitrogen and oxygen atoms in total. The second-order valence-electron chi connectivity index (χ2n) is 14.8. The molecule has 49 heavy (non-hydrogen) atoms. The summed E-state index contributed by atoms with van der Waals surface area (Å²) in [5, 5.41) is 40.0. The van der Waals surface area contributed by atoms with Gasteiger partial charge in [-0.05, 0) is 12.8 Å². The first-order valence-corrected chi connectivity index (χ1v) is 21.2. The highest BCUT2D eigenvalue weighted by Crippen LogP contribution is 2.22. The zero-order valence-corrected chi connectivity index (χ0v) is 32.2. The second-order valence-corrected chi connectivity index (χ2v) is 14.8. The number of aliphatic hydroxyl groups is 4. The average Bonchev–Trinajstić information content (AvgIpc) is 3.11. The Bertz CT molecular complexity index is 665. The largest absolute Gasteiger partial charge is 0.394 e. The number of hydrogen-bond donors (Lipinski definition) is 4. The van der Waals surface area contributed by atoms with Crippen molar-refractivity contribution in [2.75, 3.05) is 33.0 Å². The van der Waals surface area contributed by atoms with Crippen LogP contribution in [-0.2, 0) is 18.9 Å². The second kappa shape index (κ2) is 34.7. The van der Waals surface area contributed by atoms with Crippen molar-refractivity contribution in [3.05, 3.63) is 0 Å². The fourth-order valence-corrected chi connectivity index (χ4v) is 6.71. The van der Waals surface area contributed by atoms with Gasteiger partial charge in [-0.2, -0.15) is 0 Å². The lowest BCUT2D eigenvalue weighted by Gasteiger charge is -2.39. The van der Waals surface area contributed by atoms with Gasteiger partial charge in [0.05, 0.1) is 19.8 Å². The molecule has 5 unspecified atom stereocenters. The topological polar surface area (TPSA) is 118 Å². The molecule has 0 bridgehead atoms. The summed E-state index contributed by atoms with van der Waals surface area (Å²) in [7, 11) is 0. The predicted molar refractivity (Wildman–Crippen MR) is 201 cm³/mol. The van der Waals surface area contributed by atoms with E-state index >= 15 is 0 Å². The van der Waals surface area contributed by atoms with Crippen molar-refractivity contribution in [1.82, 2.24) is 0 Å². The van der Waals surface area contributed by atoms with Gasteiger partial charge in [-0.1, -0.05) is 181 Å². The van der Waals surface area contributed by atoms with E-state index in [9.17, 15) is 20.4 Å². The summed E-state index contributed by atoms with van der Waals surface area (Å²) in [5.41, 5.74) is 0. The Morgan fingerprint density at radius 1 is 0.469 bits per heavy atom. The van der Waals surface area contributed by atoms with Crippen LogP contribution in [0.25, 0.3) is 0 Å². The standard InChI is InChI=1S/C41H82O8/c1-3-5-7-9-11-13-15-17-19-21-23-25-27-29-31-46-34-36(35-48-41-40(45)39(44)38(43)37(33-42)49-41)47-32-30-28-26-24-22-20-18-16-14-12-10-8-6-4-2/h36-45H,3-35H2,1-2H3/t36-,37?,38?,39?,40?,41?/m0/s1. The summed E-state index contributed by atoms with van der Waals surface area (Å²) in [5.74, 6) is 0. The predicted octanol–water partition coefficient (Wildman–Crippen LogP) is 9.17. The zero-order chi connectivity index (χ0) is 35.6. The molecular weight excluding hydrogens is 620 g/mol. The minimum atomic E-state index is -1.46. The van der Waals surface area contributed by atoms with Crippen LogP contribution in [-0.4, -0.2) is 90.3 Å². The Balaban J connectivity index is 2.20.